The van der Waals surface area contributed by atoms with E-state index < -0.39 is 0 Å². The smallest absolute Gasteiger partial charge is 0.0629 e. The summed E-state index contributed by atoms with van der Waals surface area (Å²) in [5.41, 5.74) is 6.50. The van der Waals surface area contributed by atoms with Crippen LogP contribution in [0.1, 0.15) is 32.7 Å². The molecule has 0 amide bonds. The number of rotatable bonds is 4. The van der Waals surface area contributed by atoms with E-state index >= 15 is 0 Å². The van der Waals surface area contributed by atoms with Crippen LogP contribution in [-0.4, -0.2) is 9.78 Å². The lowest BCUT2D eigenvalue weighted by Crippen LogP contribution is -2.29. The Kier molecular flexibility index (Phi) is 3.85. The van der Waals surface area contributed by atoms with Crippen molar-refractivity contribution in [1.29, 1.82) is 0 Å². The number of hydrazine groups is 1. The van der Waals surface area contributed by atoms with Crippen molar-refractivity contribution in [3.63, 3.8) is 0 Å². The average Bonchev–Trinajstić information content (AvgIpc) is 2.84. The van der Waals surface area contributed by atoms with E-state index in [1.54, 1.807) is 11.3 Å². The van der Waals surface area contributed by atoms with E-state index in [0.29, 0.717) is 0 Å². The monoisotopic (exact) mass is 264 g/mol. The van der Waals surface area contributed by atoms with Gasteiger partial charge in [-0.15, -0.1) is 11.3 Å². The maximum atomic E-state index is 5.70. The van der Waals surface area contributed by atoms with E-state index in [0.717, 1.165) is 12.1 Å². The van der Waals surface area contributed by atoms with Gasteiger partial charge in [0, 0.05) is 22.5 Å². The summed E-state index contributed by atoms with van der Waals surface area (Å²) in [5.74, 6) is 5.70. The highest BCUT2D eigenvalue weighted by molar-refractivity contribution is 7.12. The molecule has 0 saturated carbocycles. The van der Waals surface area contributed by atoms with Crippen LogP contribution in [0.15, 0.2) is 12.1 Å². The van der Waals surface area contributed by atoms with Crippen LogP contribution in [0.3, 0.4) is 0 Å². The average molecular weight is 264 g/mol. The van der Waals surface area contributed by atoms with E-state index in [4.69, 9.17) is 5.84 Å². The molecule has 2 heterocycles. The molecule has 2 rings (SSSR count). The van der Waals surface area contributed by atoms with Crippen molar-refractivity contribution in [1.82, 2.24) is 15.2 Å². The Balaban J connectivity index is 2.25. The summed E-state index contributed by atoms with van der Waals surface area (Å²) in [4.78, 5) is 2.59. The second kappa shape index (κ2) is 5.22. The lowest BCUT2D eigenvalue weighted by atomic mass is 10.0. The van der Waals surface area contributed by atoms with E-state index in [9.17, 15) is 0 Å². The lowest BCUT2D eigenvalue weighted by Gasteiger charge is -2.14. The van der Waals surface area contributed by atoms with Gasteiger partial charge in [-0.05, 0) is 44.9 Å². The summed E-state index contributed by atoms with van der Waals surface area (Å²) in [5, 5.41) is 4.45. The van der Waals surface area contributed by atoms with Gasteiger partial charge in [-0.3, -0.25) is 16.0 Å². The van der Waals surface area contributed by atoms with E-state index in [-0.39, 0.29) is 6.04 Å². The van der Waals surface area contributed by atoms with E-state index in [1.165, 1.54) is 21.0 Å². The standard InChI is InChI=1S/C13H20N4S/c1-8-5-6-13(18-8)12(15-14)7-11-9(2)16-17(4)10(11)3/h5-6,12,15H,7,14H2,1-4H3. The molecular weight excluding hydrogens is 244 g/mol. The van der Waals surface area contributed by atoms with Crippen LogP contribution in [0, 0.1) is 20.8 Å². The molecule has 0 saturated heterocycles. The fourth-order valence-corrected chi connectivity index (χ4v) is 3.14. The summed E-state index contributed by atoms with van der Waals surface area (Å²) in [6.45, 7) is 6.26. The second-order valence-corrected chi connectivity index (χ2v) is 5.96. The number of hydrogen-bond acceptors (Lipinski definition) is 4. The molecule has 0 radical (unpaired) electrons. The number of hydrogen-bond donors (Lipinski definition) is 2. The molecule has 4 nitrogen and oxygen atoms in total. The van der Waals surface area contributed by atoms with Crippen LogP contribution in [0.2, 0.25) is 0 Å². The highest BCUT2D eigenvalue weighted by Crippen LogP contribution is 2.27. The Bertz CT molecular complexity index is 541. The van der Waals surface area contributed by atoms with Gasteiger partial charge in [-0.1, -0.05) is 0 Å². The van der Waals surface area contributed by atoms with Crippen LogP contribution >= 0.6 is 11.3 Å². The summed E-state index contributed by atoms with van der Waals surface area (Å²) >= 11 is 1.79. The van der Waals surface area contributed by atoms with Crippen LogP contribution in [0.4, 0.5) is 0 Å². The zero-order valence-electron chi connectivity index (χ0n) is 11.3. The molecule has 0 aliphatic carbocycles. The first kappa shape index (κ1) is 13.3. The van der Waals surface area contributed by atoms with Crippen molar-refractivity contribution in [2.45, 2.75) is 33.2 Å². The van der Waals surface area contributed by atoms with Gasteiger partial charge in [-0.25, -0.2) is 0 Å². The molecule has 0 aliphatic heterocycles. The van der Waals surface area contributed by atoms with Gasteiger partial charge in [0.05, 0.1) is 11.7 Å². The van der Waals surface area contributed by atoms with Gasteiger partial charge >= 0.3 is 0 Å². The first-order chi connectivity index (χ1) is 8.52. The molecule has 0 aromatic carbocycles. The third kappa shape index (κ3) is 2.48. The number of aromatic nitrogens is 2. The summed E-state index contributed by atoms with van der Waals surface area (Å²) in [6, 6.07) is 4.43. The molecule has 1 unspecified atom stereocenters. The Morgan fingerprint density at radius 2 is 2.11 bits per heavy atom. The number of nitrogens with zero attached hydrogens (tertiary/aromatic N) is 2. The minimum absolute atomic E-state index is 0.158. The Morgan fingerprint density at radius 1 is 1.39 bits per heavy atom. The molecule has 3 N–H and O–H groups in total. The highest BCUT2D eigenvalue weighted by atomic mass is 32.1. The molecule has 0 aliphatic rings. The van der Waals surface area contributed by atoms with E-state index in [2.05, 4.69) is 43.4 Å². The molecular formula is C13H20N4S. The van der Waals surface area contributed by atoms with Crippen molar-refractivity contribution >= 4 is 11.3 Å². The van der Waals surface area contributed by atoms with Crippen molar-refractivity contribution in [3.8, 4) is 0 Å². The largest absolute Gasteiger partial charge is 0.272 e. The molecule has 0 fully saturated rings. The maximum Gasteiger partial charge on any atom is 0.0629 e. The molecule has 0 spiro atoms. The first-order valence-electron chi connectivity index (χ1n) is 6.04. The Labute approximate surface area is 112 Å². The van der Waals surface area contributed by atoms with Crippen LogP contribution < -0.4 is 11.3 Å². The Morgan fingerprint density at radius 3 is 2.56 bits per heavy atom. The molecule has 1 atom stereocenters. The van der Waals surface area contributed by atoms with Crippen molar-refractivity contribution in [2.24, 2.45) is 12.9 Å². The second-order valence-electron chi connectivity index (χ2n) is 4.64. The SMILES string of the molecule is Cc1ccc(C(Cc2c(C)nn(C)c2C)NN)s1. The zero-order valence-corrected chi connectivity index (χ0v) is 12.1. The van der Waals surface area contributed by atoms with Crippen molar-refractivity contribution in [3.05, 3.63) is 38.8 Å². The van der Waals surface area contributed by atoms with Gasteiger partial charge in [0.15, 0.2) is 0 Å². The quantitative estimate of drug-likeness (QED) is 0.657. The minimum atomic E-state index is 0.158. The minimum Gasteiger partial charge on any atom is -0.272 e. The number of nitrogens with one attached hydrogen (secondary N) is 1. The van der Waals surface area contributed by atoms with Gasteiger partial charge in [0.1, 0.15) is 0 Å². The topological polar surface area (TPSA) is 55.9 Å². The lowest BCUT2D eigenvalue weighted by molar-refractivity contribution is 0.558. The Hall–Kier alpha value is -1.17. The number of aryl methyl sites for hydroxylation is 3. The summed E-state index contributed by atoms with van der Waals surface area (Å²) in [7, 11) is 1.98. The van der Waals surface area contributed by atoms with Crippen molar-refractivity contribution in [2.75, 3.05) is 0 Å². The summed E-state index contributed by atoms with van der Waals surface area (Å²) in [6.07, 6.45) is 0.877. The predicted octanol–water partition coefficient (Wildman–Crippen LogP) is 2.15. The summed E-state index contributed by atoms with van der Waals surface area (Å²) < 4.78 is 1.93. The number of nitrogens with two attached hydrogens (primary N) is 1. The maximum absolute atomic E-state index is 5.70. The van der Waals surface area contributed by atoms with Crippen LogP contribution in [0.5, 0.6) is 0 Å². The molecule has 2 aromatic heterocycles. The molecule has 5 heteroatoms. The third-order valence-electron chi connectivity index (χ3n) is 3.37. The van der Waals surface area contributed by atoms with Gasteiger partial charge in [0.25, 0.3) is 0 Å². The molecule has 0 bridgehead atoms. The van der Waals surface area contributed by atoms with Crippen LogP contribution in [-0.2, 0) is 13.5 Å². The van der Waals surface area contributed by atoms with Gasteiger partial charge < -0.3 is 0 Å². The molecule has 2 aromatic rings. The highest BCUT2D eigenvalue weighted by Gasteiger charge is 2.17. The third-order valence-corrected chi connectivity index (χ3v) is 4.49. The van der Waals surface area contributed by atoms with Crippen LogP contribution in [0.25, 0.3) is 0 Å². The fourth-order valence-electron chi connectivity index (χ4n) is 2.20. The van der Waals surface area contributed by atoms with Crippen molar-refractivity contribution < 1.29 is 0 Å². The predicted molar refractivity (Wildman–Crippen MR) is 75.5 cm³/mol. The normalized spacial score (nSPS) is 12.9. The number of thiophene rings is 1. The van der Waals surface area contributed by atoms with Gasteiger partial charge in [-0.2, -0.15) is 5.10 Å². The first-order valence-corrected chi connectivity index (χ1v) is 6.86. The fraction of sp³-hybridized carbons (Fsp3) is 0.462. The molecule has 18 heavy (non-hydrogen) atoms. The van der Waals surface area contributed by atoms with Gasteiger partial charge in [0.2, 0.25) is 0 Å². The van der Waals surface area contributed by atoms with E-state index in [1.807, 2.05) is 11.7 Å². The molecule has 98 valence electrons. The zero-order chi connectivity index (χ0) is 13.3.